The van der Waals surface area contributed by atoms with Crippen LogP contribution in [0.1, 0.15) is 32.1 Å². The van der Waals surface area contributed by atoms with Gasteiger partial charge in [-0.05, 0) is 43.7 Å². The zero-order valence-electron chi connectivity index (χ0n) is 12.9. The predicted octanol–water partition coefficient (Wildman–Crippen LogP) is 2.41. The molecule has 0 spiro atoms. The number of amides is 3. The summed E-state index contributed by atoms with van der Waals surface area (Å²) in [5.74, 6) is 0.783. The normalized spacial score (nSPS) is 25.0. The number of rotatable bonds is 4. The van der Waals surface area contributed by atoms with E-state index in [4.69, 9.17) is 17.3 Å². The smallest absolute Gasteiger partial charge is 0.326 e. The second-order valence-electron chi connectivity index (χ2n) is 6.31. The van der Waals surface area contributed by atoms with Crippen molar-refractivity contribution in [3.05, 3.63) is 23.4 Å². The van der Waals surface area contributed by atoms with E-state index in [1.54, 1.807) is 23.2 Å². The maximum absolute atomic E-state index is 12.7. The number of primary amides is 1. The van der Waals surface area contributed by atoms with Gasteiger partial charge in [0.25, 0.3) is 0 Å². The number of halogens is 1. The summed E-state index contributed by atoms with van der Waals surface area (Å²) in [5, 5.41) is 0.560. The number of anilines is 1. The van der Waals surface area contributed by atoms with E-state index < -0.39 is 0 Å². The van der Waals surface area contributed by atoms with Crippen molar-refractivity contribution in [1.82, 2.24) is 9.88 Å². The molecule has 1 aromatic heterocycles. The number of nitrogens with zero attached hydrogens (tertiary/aromatic N) is 3. The lowest BCUT2D eigenvalue weighted by atomic mass is 9.83. The Morgan fingerprint density at radius 2 is 2.00 bits per heavy atom. The van der Waals surface area contributed by atoms with Crippen molar-refractivity contribution in [2.75, 3.05) is 18.0 Å². The highest BCUT2D eigenvalue weighted by molar-refractivity contribution is 6.30. The number of aromatic nitrogens is 1. The summed E-state index contributed by atoms with van der Waals surface area (Å²) in [7, 11) is 0. The van der Waals surface area contributed by atoms with Crippen LogP contribution in [0.5, 0.6) is 0 Å². The molecule has 1 aromatic rings. The summed E-state index contributed by atoms with van der Waals surface area (Å²) in [6.45, 7) is 1.36. The average Bonchev–Trinajstić information content (AvgIpc) is 2.90. The van der Waals surface area contributed by atoms with Crippen LogP contribution in [0.15, 0.2) is 18.3 Å². The predicted molar refractivity (Wildman–Crippen MR) is 88.3 cm³/mol. The number of carbonyl (C=O) groups is 2. The fourth-order valence-electron chi connectivity index (χ4n) is 3.58. The van der Waals surface area contributed by atoms with E-state index in [2.05, 4.69) is 4.98 Å². The Morgan fingerprint density at radius 1 is 1.26 bits per heavy atom. The van der Waals surface area contributed by atoms with Gasteiger partial charge in [0.2, 0.25) is 5.91 Å². The van der Waals surface area contributed by atoms with Gasteiger partial charge in [-0.25, -0.2) is 9.78 Å². The van der Waals surface area contributed by atoms with Gasteiger partial charge in [0.1, 0.15) is 5.82 Å². The summed E-state index contributed by atoms with van der Waals surface area (Å²) in [6.07, 6.45) is 5.80. The van der Waals surface area contributed by atoms with Crippen LogP contribution in [-0.4, -0.2) is 41.0 Å². The van der Waals surface area contributed by atoms with Crippen molar-refractivity contribution in [1.29, 1.82) is 0 Å². The standard InChI is InChI=1S/C16H21ClN4O2/c17-12-3-6-15(19-10-12)21-8-7-20(16(21)23)13-4-1-11(2-5-13)9-14(18)22/h3,6,10-11,13H,1-2,4-5,7-9H2,(H2,18,22). The van der Waals surface area contributed by atoms with E-state index in [1.807, 2.05) is 4.90 Å². The molecule has 2 fully saturated rings. The largest absolute Gasteiger partial charge is 0.370 e. The van der Waals surface area contributed by atoms with Crippen molar-refractivity contribution < 1.29 is 9.59 Å². The number of carbonyl (C=O) groups excluding carboxylic acids is 2. The van der Waals surface area contributed by atoms with Crippen LogP contribution in [0.25, 0.3) is 0 Å². The van der Waals surface area contributed by atoms with Gasteiger partial charge in [-0.1, -0.05) is 11.6 Å². The minimum Gasteiger partial charge on any atom is -0.370 e. The Hall–Kier alpha value is -1.82. The SMILES string of the molecule is NC(=O)CC1CCC(N2CCN(c3ccc(Cl)cn3)C2=O)CC1. The molecule has 1 saturated heterocycles. The lowest BCUT2D eigenvalue weighted by molar-refractivity contribution is -0.119. The minimum atomic E-state index is -0.231. The molecule has 0 aromatic carbocycles. The lowest BCUT2D eigenvalue weighted by Gasteiger charge is -2.34. The number of nitrogens with two attached hydrogens (primary N) is 1. The Balaban J connectivity index is 1.59. The molecule has 7 heteroatoms. The van der Waals surface area contributed by atoms with Crippen LogP contribution in [0.2, 0.25) is 5.02 Å². The first-order valence-electron chi connectivity index (χ1n) is 8.02. The molecule has 3 amide bonds. The zero-order valence-corrected chi connectivity index (χ0v) is 13.7. The van der Waals surface area contributed by atoms with E-state index in [0.29, 0.717) is 36.3 Å². The first kappa shape index (κ1) is 16.1. The number of hydrogen-bond acceptors (Lipinski definition) is 3. The maximum Gasteiger partial charge on any atom is 0.326 e. The molecule has 124 valence electrons. The van der Waals surface area contributed by atoms with Crippen LogP contribution in [0.4, 0.5) is 10.6 Å². The first-order valence-corrected chi connectivity index (χ1v) is 8.40. The van der Waals surface area contributed by atoms with Crippen LogP contribution < -0.4 is 10.6 Å². The monoisotopic (exact) mass is 336 g/mol. The van der Waals surface area contributed by atoms with Crippen molar-refractivity contribution >= 4 is 29.4 Å². The molecule has 1 aliphatic heterocycles. The summed E-state index contributed by atoms with van der Waals surface area (Å²) in [5.41, 5.74) is 5.27. The fraction of sp³-hybridized carbons (Fsp3) is 0.562. The van der Waals surface area contributed by atoms with E-state index in [1.165, 1.54) is 0 Å². The van der Waals surface area contributed by atoms with Gasteiger partial charge in [0.15, 0.2) is 0 Å². The molecule has 1 aliphatic carbocycles. The number of pyridine rings is 1. The molecular formula is C16H21ClN4O2. The Bertz CT molecular complexity index is 584. The van der Waals surface area contributed by atoms with Gasteiger partial charge in [0.05, 0.1) is 5.02 Å². The molecule has 1 saturated carbocycles. The molecule has 6 nitrogen and oxygen atoms in total. The lowest BCUT2D eigenvalue weighted by Crippen LogP contribution is -2.41. The summed E-state index contributed by atoms with van der Waals surface area (Å²) < 4.78 is 0. The van der Waals surface area contributed by atoms with Gasteiger partial charge in [-0.2, -0.15) is 0 Å². The highest BCUT2D eigenvalue weighted by atomic mass is 35.5. The topological polar surface area (TPSA) is 79.5 Å². The second kappa shape index (κ2) is 6.74. The van der Waals surface area contributed by atoms with Crippen LogP contribution >= 0.6 is 11.6 Å². The Morgan fingerprint density at radius 3 is 2.61 bits per heavy atom. The molecule has 3 rings (SSSR count). The minimum absolute atomic E-state index is 0.0122. The number of urea groups is 1. The van der Waals surface area contributed by atoms with Crippen molar-refractivity contribution in [2.24, 2.45) is 11.7 Å². The summed E-state index contributed by atoms with van der Waals surface area (Å²) in [4.78, 5) is 31.5. The molecular weight excluding hydrogens is 316 g/mol. The van der Waals surface area contributed by atoms with Gasteiger partial charge < -0.3 is 10.6 Å². The van der Waals surface area contributed by atoms with Crippen molar-refractivity contribution in [3.63, 3.8) is 0 Å². The van der Waals surface area contributed by atoms with E-state index in [0.717, 1.165) is 25.7 Å². The van der Waals surface area contributed by atoms with E-state index >= 15 is 0 Å². The fourth-order valence-corrected chi connectivity index (χ4v) is 3.69. The molecule has 2 heterocycles. The summed E-state index contributed by atoms with van der Waals surface area (Å²) in [6, 6.07) is 3.78. The molecule has 0 bridgehead atoms. The van der Waals surface area contributed by atoms with Crippen LogP contribution in [0, 0.1) is 5.92 Å². The van der Waals surface area contributed by atoms with E-state index in [9.17, 15) is 9.59 Å². The number of hydrogen-bond donors (Lipinski definition) is 1. The highest BCUT2D eigenvalue weighted by Gasteiger charge is 2.36. The maximum atomic E-state index is 12.7. The third kappa shape index (κ3) is 3.58. The third-order valence-corrected chi connectivity index (χ3v) is 5.00. The van der Waals surface area contributed by atoms with Crippen molar-refractivity contribution in [2.45, 2.75) is 38.1 Å². The molecule has 0 atom stereocenters. The molecule has 0 unspecified atom stereocenters. The highest BCUT2D eigenvalue weighted by Crippen LogP contribution is 2.32. The second-order valence-corrected chi connectivity index (χ2v) is 6.74. The average molecular weight is 337 g/mol. The van der Waals surface area contributed by atoms with Gasteiger partial charge in [-0.3, -0.25) is 9.69 Å². The Labute approximate surface area is 140 Å². The Kier molecular flexibility index (Phi) is 4.71. The molecule has 2 aliphatic rings. The first-order chi connectivity index (χ1) is 11.0. The van der Waals surface area contributed by atoms with Gasteiger partial charge in [0, 0.05) is 31.7 Å². The zero-order chi connectivity index (χ0) is 16.4. The molecule has 23 heavy (non-hydrogen) atoms. The molecule has 0 radical (unpaired) electrons. The van der Waals surface area contributed by atoms with Crippen LogP contribution in [-0.2, 0) is 4.79 Å². The summed E-state index contributed by atoms with van der Waals surface area (Å²) >= 11 is 5.85. The third-order valence-electron chi connectivity index (χ3n) is 4.78. The van der Waals surface area contributed by atoms with Crippen LogP contribution in [0.3, 0.4) is 0 Å². The van der Waals surface area contributed by atoms with Gasteiger partial charge >= 0.3 is 6.03 Å². The van der Waals surface area contributed by atoms with Crippen molar-refractivity contribution in [3.8, 4) is 0 Å². The molecule has 2 N–H and O–H groups in total. The quantitative estimate of drug-likeness (QED) is 0.916. The van der Waals surface area contributed by atoms with E-state index in [-0.39, 0.29) is 18.0 Å². The van der Waals surface area contributed by atoms with Gasteiger partial charge in [-0.15, -0.1) is 0 Å².